The van der Waals surface area contributed by atoms with E-state index >= 15 is 0 Å². The van der Waals surface area contributed by atoms with Crippen LogP contribution in [-0.2, 0) is 18.3 Å². The van der Waals surface area contributed by atoms with E-state index in [4.69, 9.17) is 4.74 Å². The van der Waals surface area contributed by atoms with Gasteiger partial charge in [0.15, 0.2) is 0 Å². The molecule has 0 aromatic heterocycles. The highest BCUT2D eigenvalue weighted by Gasteiger charge is 2.49. The molecular formula is C34H40N2O. The fraction of sp³-hybridized carbons (Fsp3) is 0.412. The van der Waals surface area contributed by atoms with Gasteiger partial charge in [0.05, 0.1) is 0 Å². The van der Waals surface area contributed by atoms with E-state index < -0.39 is 0 Å². The van der Waals surface area contributed by atoms with E-state index in [1.807, 2.05) is 36.4 Å². The highest BCUT2D eigenvalue weighted by Crippen LogP contribution is 2.49. The van der Waals surface area contributed by atoms with Crippen molar-refractivity contribution in [1.29, 1.82) is 0 Å². The predicted molar refractivity (Wildman–Crippen MR) is 153 cm³/mol. The Kier molecular flexibility index (Phi) is 6.58. The largest absolute Gasteiger partial charge is 0.457 e. The van der Waals surface area contributed by atoms with Crippen molar-refractivity contribution in [1.82, 2.24) is 10.2 Å². The van der Waals surface area contributed by atoms with Gasteiger partial charge in [-0.05, 0) is 108 Å². The third-order valence-electron chi connectivity index (χ3n) is 9.29. The van der Waals surface area contributed by atoms with Crippen molar-refractivity contribution >= 4 is 5.70 Å². The summed E-state index contributed by atoms with van der Waals surface area (Å²) in [6.45, 7) is 12.8. The molecule has 6 rings (SSSR count). The number of rotatable bonds is 9. The lowest BCUT2D eigenvalue weighted by Gasteiger charge is -2.55. The zero-order chi connectivity index (χ0) is 25.4. The molecule has 1 saturated carbocycles. The Labute approximate surface area is 222 Å². The molecule has 3 nitrogen and oxygen atoms in total. The van der Waals surface area contributed by atoms with Gasteiger partial charge in [-0.3, -0.25) is 4.90 Å². The molecule has 3 aromatic rings. The lowest BCUT2D eigenvalue weighted by molar-refractivity contribution is 0.0284. The molecule has 1 unspecified atom stereocenters. The third kappa shape index (κ3) is 5.07. The first-order valence-electron chi connectivity index (χ1n) is 14.1. The molecular weight excluding hydrogens is 452 g/mol. The van der Waals surface area contributed by atoms with Crippen molar-refractivity contribution in [2.75, 3.05) is 19.6 Å². The number of nitrogens with zero attached hydrogens (tertiary/aromatic N) is 1. The Balaban J connectivity index is 1.09. The molecule has 0 amide bonds. The molecule has 2 bridgehead atoms. The second-order valence-electron chi connectivity index (χ2n) is 11.8. The van der Waals surface area contributed by atoms with E-state index in [1.54, 1.807) is 11.1 Å². The predicted octanol–water partition coefficient (Wildman–Crippen LogP) is 7.22. The molecule has 2 fully saturated rings. The topological polar surface area (TPSA) is 24.5 Å². The molecule has 2 aliphatic carbocycles. The first-order chi connectivity index (χ1) is 18.0. The van der Waals surface area contributed by atoms with E-state index in [-0.39, 0.29) is 5.41 Å². The summed E-state index contributed by atoms with van der Waals surface area (Å²) in [5.74, 6) is 3.39. The zero-order valence-corrected chi connectivity index (χ0v) is 22.4. The van der Waals surface area contributed by atoms with Crippen LogP contribution >= 0.6 is 0 Å². The maximum atomic E-state index is 6.01. The number of fused-ring (bicyclic) bond motifs is 4. The number of piperidine rings is 1. The van der Waals surface area contributed by atoms with E-state index in [0.29, 0.717) is 12.0 Å². The molecule has 1 saturated heterocycles. The number of hydrogen-bond acceptors (Lipinski definition) is 3. The Morgan fingerprint density at radius 3 is 2.65 bits per heavy atom. The molecule has 1 heterocycles. The van der Waals surface area contributed by atoms with Gasteiger partial charge in [-0.25, -0.2) is 0 Å². The standard InChI is InChI=1S/C34H40N2O/c1-24-33-22-29-15-14-28(21-32(29)34(24,3)17-19-36(33)23-27-12-13-27)25(2)35-18-16-26-8-7-11-31(20-26)37-30-9-5-4-6-10-30/h4-11,14-15,20-21,24,27,33,35H,2,12-13,16-19,22-23H2,1,3H3/t24-,33?,34-/m0/s1. The highest BCUT2D eigenvalue weighted by atomic mass is 16.5. The van der Waals surface area contributed by atoms with Crippen LogP contribution in [0.2, 0.25) is 0 Å². The fourth-order valence-electron chi connectivity index (χ4n) is 6.60. The van der Waals surface area contributed by atoms with E-state index in [0.717, 1.165) is 36.1 Å². The molecule has 1 aliphatic heterocycles. The van der Waals surface area contributed by atoms with Crippen molar-refractivity contribution < 1.29 is 4.74 Å². The number of ether oxygens (including phenoxy) is 1. The minimum absolute atomic E-state index is 0.258. The molecule has 3 atom stereocenters. The summed E-state index contributed by atoms with van der Waals surface area (Å²) in [7, 11) is 0. The monoisotopic (exact) mass is 492 g/mol. The van der Waals surface area contributed by atoms with Crippen LogP contribution in [0.1, 0.15) is 55.4 Å². The van der Waals surface area contributed by atoms with Gasteiger partial charge in [0.2, 0.25) is 0 Å². The maximum Gasteiger partial charge on any atom is 0.127 e. The van der Waals surface area contributed by atoms with Crippen molar-refractivity contribution in [3.63, 3.8) is 0 Å². The normalized spacial score (nSPS) is 24.8. The molecule has 3 aliphatic rings. The van der Waals surface area contributed by atoms with E-state index in [2.05, 4.69) is 67.0 Å². The van der Waals surface area contributed by atoms with Gasteiger partial charge < -0.3 is 10.1 Å². The van der Waals surface area contributed by atoms with Crippen molar-refractivity contribution in [2.45, 2.75) is 57.4 Å². The highest BCUT2D eigenvalue weighted by molar-refractivity contribution is 5.64. The van der Waals surface area contributed by atoms with Crippen LogP contribution in [0.25, 0.3) is 5.70 Å². The zero-order valence-electron chi connectivity index (χ0n) is 22.4. The molecule has 3 aromatic carbocycles. The van der Waals surface area contributed by atoms with Crippen LogP contribution < -0.4 is 10.1 Å². The van der Waals surface area contributed by atoms with E-state index in [1.165, 1.54) is 49.9 Å². The maximum absolute atomic E-state index is 6.01. The van der Waals surface area contributed by atoms with Crippen LogP contribution in [0.5, 0.6) is 11.5 Å². The lowest BCUT2D eigenvalue weighted by Crippen LogP contribution is -2.58. The van der Waals surface area contributed by atoms with Gasteiger partial charge in [-0.1, -0.05) is 62.9 Å². The quantitative estimate of drug-likeness (QED) is 0.341. The Morgan fingerprint density at radius 1 is 1.03 bits per heavy atom. The van der Waals surface area contributed by atoms with Crippen LogP contribution in [0, 0.1) is 11.8 Å². The Bertz CT molecular complexity index is 1260. The number of likely N-dealkylation sites (tertiary alicyclic amines) is 1. The van der Waals surface area contributed by atoms with Crippen molar-refractivity contribution in [3.05, 3.63) is 102 Å². The molecule has 0 radical (unpaired) electrons. The molecule has 1 N–H and O–H groups in total. The second-order valence-corrected chi connectivity index (χ2v) is 11.8. The van der Waals surface area contributed by atoms with Crippen molar-refractivity contribution in [3.8, 4) is 11.5 Å². The number of nitrogens with one attached hydrogen (secondary N) is 1. The summed E-state index contributed by atoms with van der Waals surface area (Å²) in [4.78, 5) is 2.82. The van der Waals surface area contributed by atoms with Crippen LogP contribution in [0.15, 0.2) is 79.4 Å². The molecule has 0 spiro atoms. The Hall–Kier alpha value is -3.04. The molecule has 3 heteroatoms. The van der Waals surface area contributed by atoms with Crippen molar-refractivity contribution in [2.24, 2.45) is 11.8 Å². The van der Waals surface area contributed by atoms with Crippen LogP contribution in [0.4, 0.5) is 0 Å². The average Bonchev–Trinajstić information content (AvgIpc) is 3.73. The molecule has 192 valence electrons. The van der Waals surface area contributed by atoms with Crippen LogP contribution in [-0.4, -0.2) is 30.6 Å². The van der Waals surface area contributed by atoms with Gasteiger partial charge in [0, 0.05) is 24.8 Å². The third-order valence-corrected chi connectivity index (χ3v) is 9.29. The summed E-state index contributed by atoms with van der Waals surface area (Å²) < 4.78 is 6.01. The van der Waals surface area contributed by atoms with Gasteiger partial charge in [-0.15, -0.1) is 0 Å². The van der Waals surface area contributed by atoms with Gasteiger partial charge in [0.25, 0.3) is 0 Å². The molecule has 37 heavy (non-hydrogen) atoms. The van der Waals surface area contributed by atoms with Gasteiger partial charge in [0.1, 0.15) is 11.5 Å². The summed E-state index contributed by atoms with van der Waals surface area (Å²) in [5.41, 5.74) is 6.88. The average molecular weight is 493 g/mol. The number of para-hydroxylation sites is 1. The number of hydrogen-bond donors (Lipinski definition) is 1. The van der Waals surface area contributed by atoms with E-state index in [9.17, 15) is 0 Å². The summed E-state index contributed by atoms with van der Waals surface area (Å²) >= 11 is 0. The Morgan fingerprint density at radius 2 is 1.84 bits per heavy atom. The number of benzene rings is 3. The smallest absolute Gasteiger partial charge is 0.127 e. The summed E-state index contributed by atoms with van der Waals surface area (Å²) in [6, 6.07) is 26.1. The lowest BCUT2D eigenvalue weighted by atomic mass is 9.59. The minimum atomic E-state index is 0.258. The first-order valence-corrected chi connectivity index (χ1v) is 14.1. The summed E-state index contributed by atoms with van der Waals surface area (Å²) in [6.07, 6.45) is 6.26. The minimum Gasteiger partial charge on any atom is -0.457 e. The van der Waals surface area contributed by atoms with Crippen LogP contribution in [0.3, 0.4) is 0 Å². The fourth-order valence-corrected chi connectivity index (χ4v) is 6.60. The van der Waals surface area contributed by atoms with Gasteiger partial charge >= 0.3 is 0 Å². The second kappa shape index (κ2) is 10.0. The SMILES string of the molecule is C=C(NCCc1cccc(Oc2ccccc2)c1)c1ccc2c(c1)[C@@]1(C)CCN(CC3CC3)C(C2)[C@@H]1C. The first kappa shape index (κ1) is 24.3. The van der Waals surface area contributed by atoms with Gasteiger partial charge in [-0.2, -0.15) is 0 Å². The summed E-state index contributed by atoms with van der Waals surface area (Å²) in [5, 5.41) is 3.59.